The Bertz CT molecular complexity index is 586. The molecule has 0 aromatic heterocycles. The van der Waals surface area contributed by atoms with Crippen molar-refractivity contribution in [2.24, 2.45) is 5.73 Å². The topological polar surface area (TPSA) is 35.2 Å². The zero-order valence-corrected chi connectivity index (χ0v) is 12.8. The van der Waals surface area contributed by atoms with E-state index in [0.717, 1.165) is 28.3 Å². The summed E-state index contributed by atoms with van der Waals surface area (Å²) < 4.78 is 5.96. The van der Waals surface area contributed by atoms with E-state index in [2.05, 4.69) is 6.92 Å². The first-order valence-corrected chi connectivity index (χ1v) is 7.30. The maximum absolute atomic E-state index is 6.11. The number of nitrogens with two attached hydrogens (primary N) is 1. The van der Waals surface area contributed by atoms with Gasteiger partial charge in [-0.25, -0.2) is 0 Å². The summed E-state index contributed by atoms with van der Waals surface area (Å²) in [5.74, 6) is 0.765. The van der Waals surface area contributed by atoms with Crippen molar-refractivity contribution in [3.63, 3.8) is 0 Å². The van der Waals surface area contributed by atoms with E-state index in [1.54, 1.807) is 0 Å². The molecule has 0 heterocycles. The number of benzene rings is 2. The molecule has 0 fully saturated rings. The minimum Gasteiger partial charge on any atom is -0.484 e. The van der Waals surface area contributed by atoms with Crippen LogP contribution >= 0.6 is 23.2 Å². The van der Waals surface area contributed by atoms with Gasteiger partial charge in [-0.15, -0.1) is 0 Å². The van der Waals surface area contributed by atoms with Crippen molar-refractivity contribution in [2.75, 3.05) is 6.54 Å². The maximum Gasteiger partial charge on any atom is 0.136 e. The Morgan fingerprint density at radius 2 is 1.95 bits per heavy atom. The van der Waals surface area contributed by atoms with Crippen LogP contribution in [-0.2, 0) is 6.42 Å². The molecule has 2 aromatic rings. The molecule has 2 rings (SSSR count). The molecule has 2 nitrogen and oxygen atoms in total. The van der Waals surface area contributed by atoms with E-state index in [-0.39, 0.29) is 6.10 Å². The third-order valence-electron chi connectivity index (χ3n) is 3.11. The van der Waals surface area contributed by atoms with Gasteiger partial charge in [0.15, 0.2) is 0 Å². The van der Waals surface area contributed by atoms with E-state index in [4.69, 9.17) is 33.7 Å². The Hall–Kier alpha value is -1.22. The van der Waals surface area contributed by atoms with Crippen LogP contribution in [0.5, 0.6) is 5.75 Å². The molecule has 1 atom stereocenters. The first kappa shape index (κ1) is 15.2. The molecule has 0 aliphatic heterocycles. The first-order valence-electron chi connectivity index (χ1n) is 6.54. The molecule has 0 amide bonds. The maximum atomic E-state index is 6.11. The van der Waals surface area contributed by atoms with Crippen molar-refractivity contribution < 1.29 is 4.74 Å². The lowest BCUT2D eigenvalue weighted by Crippen LogP contribution is -2.18. The first-order chi connectivity index (χ1) is 9.63. The van der Waals surface area contributed by atoms with Gasteiger partial charge in [0.2, 0.25) is 0 Å². The molecule has 106 valence electrons. The molecular formula is C16H17Cl2NO. The van der Waals surface area contributed by atoms with Crippen molar-refractivity contribution in [3.05, 3.63) is 63.6 Å². The third-order valence-corrected chi connectivity index (χ3v) is 3.71. The Kier molecular flexibility index (Phi) is 5.30. The van der Waals surface area contributed by atoms with E-state index < -0.39 is 0 Å². The largest absolute Gasteiger partial charge is 0.484 e. The lowest BCUT2D eigenvalue weighted by Gasteiger charge is -2.19. The summed E-state index contributed by atoms with van der Waals surface area (Å²) in [5, 5.41) is 1.43. The zero-order chi connectivity index (χ0) is 14.5. The van der Waals surface area contributed by atoms with Crippen LogP contribution in [0.15, 0.2) is 42.5 Å². The molecule has 0 aliphatic rings. The van der Waals surface area contributed by atoms with E-state index >= 15 is 0 Å². The summed E-state index contributed by atoms with van der Waals surface area (Å²) >= 11 is 12.1. The molecule has 0 spiro atoms. The van der Waals surface area contributed by atoms with Crippen LogP contribution in [0.2, 0.25) is 10.0 Å². The summed E-state index contributed by atoms with van der Waals surface area (Å²) in [6.45, 7) is 2.44. The second-order valence-electron chi connectivity index (χ2n) is 4.50. The monoisotopic (exact) mass is 309 g/mol. The fourth-order valence-corrected chi connectivity index (χ4v) is 2.47. The normalized spacial score (nSPS) is 12.2. The molecule has 1 unspecified atom stereocenters. The number of hydrogen-bond acceptors (Lipinski definition) is 2. The molecule has 0 radical (unpaired) electrons. The predicted octanol–water partition coefficient (Wildman–Crippen LogP) is 4.63. The average molecular weight is 310 g/mol. The molecule has 0 saturated heterocycles. The van der Waals surface area contributed by atoms with Crippen LogP contribution in [0, 0.1) is 0 Å². The van der Waals surface area contributed by atoms with Crippen LogP contribution in [0.4, 0.5) is 0 Å². The van der Waals surface area contributed by atoms with Gasteiger partial charge in [0.05, 0.1) is 0 Å². The predicted molar refractivity (Wildman–Crippen MR) is 84.7 cm³/mol. The Labute approximate surface area is 129 Å². The number of aryl methyl sites for hydroxylation is 1. The summed E-state index contributed by atoms with van der Waals surface area (Å²) in [5.41, 5.74) is 7.84. The van der Waals surface area contributed by atoms with Gasteiger partial charge in [-0.05, 0) is 47.9 Å². The van der Waals surface area contributed by atoms with Gasteiger partial charge in [0, 0.05) is 16.6 Å². The smallest absolute Gasteiger partial charge is 0.136 e. The number of ether oxygens (including phenoxy) is 1. The van der Waals surface area contributed by atoms with Crippen molar-refractivity contribution in [1.82, 2.24) is 0 Å². The van der Waals surface area contributed by atoms with Crippen molar-refractivity contribution in [2.45, 2.75) is 19.4 Å². The quantitative estimate of drug-likeness (QED) is 0.873. The molecular weight excluding hydrogens is 293 g/mol. The molecule has 20 heavy (non-hydrogen) atoms. The minimum atomic E-state index is -0.223. The highest BCUT2D eigenvalue weighted by molar-refractivity contribution is 6.31. The van der Waals surface area contributed by atoms with Crippen molar-refractivity contribution in [1.29, 1.82) is 0 Å². The molecule has 4 heteroatoms. The van der Waals surface area contributed by atoms with Crippen molar-refractivity contribution in [3.8, 4) is 5.75 Å². The van der Waals surface area contributed by atoms with Gasteiger partial charge in [-0.3, -0.25) is 0 Å². The molecule has 0 saturated carbocycles. The Morgan fingerprint density at radius 1 is 1.15 bits per heavy atom. The summed E-state index contributed by atoms with van der Waals surface area (Å²) in [7, 11) is 0. The van der Waals surface area contributed by atoms with Crippen LogP contribution < -0.4 is 10.5 Å². The summed E-state index contributed by atoms with van der Waals surface area (Å²) in [6, 6.07) is 13.2. The van der Waals surface area contributed by atoms with E-state index in [1.807, 2.05) is 42.5 Å². The molecule has 0 aliphatic carbocycles. The van der Waals surface area contributed by atoms with Gasteiger partial charge in [-0.1, -0.05) is 42.3 Å². The van der Waals surface area contributed by atoms with Crippen LogP contribution in [-0.4, -0.2) is 6.54 Å². The lowest BCUT2D eigenvalue weighted by atomic mass is 10.1. The van der Waals surface area contributed by atoms with Gasteiger partial charge in [-0.2, -0.15) is 0 Å². The minimum absolute atomic E-state index is 0.223. The lowest BCUT2D eigenvalue weighted by molar-refractivity contribution is 0.214. The number of hydrogen-bond donors (Lipinski definition) is 1. The standard InChI is InChI=1S/C16H17Cl2NO/c1-2-11-9-14(6-7-15(11)18)20-16(10-19)12-4-3-5-13(17)8-12/h3-9,16H,2,10,19H2,1H3. The van der Waals surface area contributed by atoms with Gasteiger partial charge in [0.25, 0.3) is 0 Å². The van der Waals surface area contributed by atoms with Crippen LogP contribution in [0.3, 0.4) is 0 Å². The third kappa shape index (κ3) is 3.66. The zero-order valence-electron chi connectivity index (χ0n) is 11.3. The number of rotatable bonds is 5. The SMILES string of the molecule is CCc1cc(OC(CN)c2cccc(Cl)c2)ccc1Cl. The second kappa shape index (κ2) is 6.98. The van der Waals surface area contributed by atoms with Gasteiger partial charge in [0.1, 0.15) is 11.9 Å². The van der Waals surface area contributed by atoms with Gasteiger partial charge >= 0.3 is 0 Å². The van der Waals surface area contributed by atoms with Gasteiger partial charge < -0.3 is 10.5 Å². The van der Waals surface area contributed by atoms with E-state index in [1.165, 1.54) is 0 Å². The highest BCUT2D eigenvalue weighted by atomic mass is 35.5. The Balaban J connectivity index is 2.22. The highest BCUT2D eigenvalue weighted by Gasteiger charge is 2.12. The van der Waals surface area contributed by atoms with Crippen LogP contribution in [0.1, 0.15) is 24.2 Å². The van der Waals surface area contributed by atoms with Crippen molar-refractivity contribution >= 4 is 23.2 Å². The second-order valence-corrected chi connectivity index (χ2v) is 5.35. The average Bonchev–Trinajstić information content (AvgIpc) is 2.46. The van der Waals surface area contributed by atoms with Crippen LogP contribution in [0.25, 0.3) is 0 Å². The molecule has 2 aromatic carbocycles. The molecule has 0 bridgehead atoms. The summed E-state index contributed by atoms with van der Waals surface area (Å²) in [4.78, 5) is 0. The number of halogens is 2. The fourth-order valence-electron chi connectivity index (χ4n) is 2.02. The Morgan fingerprint density at radius 3 is 2.60 bits per heavy atom. The fraction of sp³-hybridized carbons (Fsp3) is 0.250. The van der Waals surface area contributed by atoms with E-state index in [0.29, 0.717) is 11.6 Å². The summed E-state index contributed by atoms with van der Waals surface area (Å²) in [6.07, 6.45) is 0.639. The highest BCUT2D eigenvalue weighted by Crippen LogP contribution is 2.27. The molecule has 2 N–H and O–H groups in total. The van der Waals surface area contributed by atoms with E-state index in [9.17, 15) is 0 Å².